The van der Waals surface area contributed by atoms with Gasteiger partial charge in [0.05, 0.1) is 33.6 Å². The normalized spacial score (nSPS) is 23.3. The first-order chi connectivity index (χ1) is 66.2. The fraction of sp³-hybridized carbons (Fsp3) is 0.552. The predicted octanol–water partition coefficient (Wildman–Crippen LogP) is 36.6. The molecule has 3 aliphatic carbocycles. The number of fused-ring (bicyclic) bond motifs is 4. The molecule has 782 valence electrons. The standard InChI is InChI=1S/C20H20O2.C20H22O.C18H27N.C16H23N.C14H19N.C14H27N.C12H23N.C10H14O.C10H16O/c1-13-14(2)20(22-19(13,3)4)15-9-5-7-11-17(15)21-18-12-8-6-10-16(18)20;1-15-16(2)20(21-19(15,3)4,17-11-7-5-8-12-17)18-13-9-6-10-14-18;1-12-10-9-11-13(2)16(12)19-15(4)14(3)17(5,6)18(19,7)8;1-12-13(2)17(14-10-8-7-9-11-14)16(5,6)15(12,3)4;1-11-12(2)15(10-14(11,3)4)13-8-6-5-7-9-13;1-10-11(2)15(12(3,4)5)14(8,9)13(10,6)7;1-9-10(2)13(11(3,4)5)8-12(9,6)7;1-7-8(2)10(5-6-10)11-9(7)3-4-9;1-7-8(2)10(5-6-10)11-9(7,3)4/h5-12H,1-4H3;5-14H,1-4H3;9-11H,1-8H3;7-11H,1-6H3;5-9H,10H2,1-4H3;1-9H3;8H2,1-7H3;3-6H2,1-2H3;5-6H2,1-4H3. The third-order valence-corrected chi connectivity index (χ3v) is 38.9. The Labute approximate surface area is 876 Å². The highest BCUT2D eigenvalue weighted by Gasteiger charge is 2.64. The van der Waals surface area contributed by atoms with E-state index in [1.807, 2.05) is 36.4 Å². The molecule has 0 atom stereocenters. The van der Waals surface area contributed by atoms with Gasteiger partial charge in [0.15, 0.2) is 0 Å². The molecule has 0 radical (unpaired) electrons. The second-order valence-electron chi connectivity index (χ2n) is 52.4. The summed E-state index contributed by atoms with van der Waals surface area (Å²) < 4.78 is 31.6. The summed E-state index contributed by atoms with van der Waals surface area (Å²) >= 11 is 0. The Hall–Kier alpha value is -9.16. The van der Waals surface area contributed by atoms with Gasteiger partial charge in [0.25, 0.3) is 0 Å². The summed E-state index contributed by atoms with van der Waals surface area (Å²) in [5.41, 5.74) is 38.5. The number of anilines is 3. The molecular formula is C134H191N5O5. The number of para-hydroxylation sites is 5. The van der Waals surface area contributed by atoms with Gasteiger partial charge in [-0.05, 0) is 433 Å². The van der Waals surface area contributed by atoms with Crippen molar-refractivity contribution in [1.82, 2.24) is 9.80 Å². The van der Waals surface area contributed by atoms with Gasteiger partial charge in [-0.3, -0.25) is 0 Å². The maximum atomic E-state index is 6.70. The van der Waals surface area contributed by atoms with Crippen molar-refractivity contribution in [3.63, 3.8) is 0 Å². The molecule has 20 rings (SSSR count). The van der Waals surface area contributed by atoms with E-state index >= 15 is 0 Å². The van der Waals surface area contributed by atoms with Crippen LogP contribution in [0.15, 0.2) is 289 Å². The van der Waals surface area contributed by atoms with Crippen molar-refractivity contribution in [2.24, 2.45) is 27.1 Å². The lowest BCUT2D eigenvalue weighted by molar-refractivity contribution is -0.0621. The van der Waals surface area contributed by atoms with Crippen molar-refractivity contribution >= 4 is 17.1 Å². The molecule has 7 aromatic carbocycles. The molecular weight excluding hydrogens is 1760 g/mol. The second kappa shape index (κ2) is 39.4. The molecule has 0 aromatic heterocycles. The van der Waals surface area contributed by atoms with Crippen LogP contribution in [0, 0.1) is 40.9 Å². The zero-order chi connectivity index (χ0) is 108. The highest BCUT2D eigenvalue weighted by atomic mass is 16.6. The van der Waals surface area contributed by atoms with E-state index in [-0.39, 0.29) is 77.5 Å². The maximum absolute atomic E-state index is 6.70. The van der Waals surface area contributed by atoms with Crippen LogP contribution < -0.4 is 19.4 Å². The van der Waals surface area contributed by atoms with Gasteiger partial charge in [0.1, 0.15) is 22.7 Å². The Balaban J connectivity index is 0.000000146. The van der Waals surface area contributed by atoms with Gasteiger partial charge >= 0.3 is 0 Å². The molecule has 3 fully saturated rings. The van der Waals surface area contributed by atoms with E-state index in [1.165, 1.54) is 162 Å². The van der Waals surface area contributed by atoms with E-state index in [2.05, 4.69) is 508 Å². The predicted molar refractivity (Wildman–Crippen MR) is 616 cm³/mol. The Bertz CT molecular complexity index is 6030. The SMILES string of the molecule is CC1=C(C)C(C)(C)C(C)(C)N1C(C)(C)C.CC1=C(C)C(C)(C)C(C)(C)N1c1c(C)cccc1C.CC1=C(C)C(C)(C)C(C)(C)N1c1ccccc1.CC1=C(C)C(C)(C)CN1C(C)(C)C.CC1=C(C)C(C)(C)CN1c1ccccc1.CC1=C(C)C(c2ccccc2)(c2ccccc2)OC1(C)C.CC1=C(C)C2(CC2)OC1(C)C.CC1=C(C)C2(CC2)OC12CC2.CC1=C(C)C2(OC1(C)C)c1ccccc1Oc1ccccc12. The van der Waals surface area contributed by atoms with E-state index in [1.54, 1.807) is 16.7 Å². The Morgan fingerprint density at radius 1 is 0.250 bits per heavy atom. The lowest BCUT2D eigenvalue weighted by atomic mass is 9.71. The van der Waals surface area contributed by atoms with Gasteiger partial charge in [-0.2, -0.15) is 0 Å². The van der Waals surface area contributed by atoms with Gasteiger partial charge in [-0.1, -0.05) is 221 Å². The van der Waals surface area contributed by atoms with Gasteiger partial charge in [-0.15, -0.1) is 0 Å². The van der Waals surface area contributed by atoms with Crippen LogP contribution in [0.2, 0.25) is 0 Å². The van der Waals surface area contributed by atoms with Crippen molar-refractivity contribution in [1.29, 1.82) is 0 Å². The first kappa shape index (κ1) is 114. The molecule has 0 saturated heterocycles. The van der Waals surface area contributed by atoms with Crippen molar-refractivity contribution in [3.8, 4) is 11.5 Å². The molecule has 10 nitrogen and oxygen atoms in total. The largest absolute Gasteiger partial charge is 0.457 e. The van der Waals surface area contributed by atoms with Crippen LogP contribution in [-0.2, 0) is 30.1 Å². The number of aryl methyl sites for hydroxylation is 2. The summed E-state index contributed by atoms with van der Waals surface area (Å²) in [4.78, 5) is 12.5. The molecule has 10 aliphatic heterocycles. The number of nitrogens with zero attached hydrogens (tertiary/aromatic N) is 5. The van der Waals surface area contributed by atoms with Crippen LogP contribution in [0.25, 0.3) is 0 Å². The number of hydrogen-bond donors (Lipinski definition) is 0. The quantitative estimate of drug-likeness (QED) is 0.156. The van der Waals surface area contributed by atoms with Crippen LogP contribution in [0.3, 0.4) is 0 Å². The average Bonchev–Trinajstić information content (AvgIpc) is 1.56. The van der Waals surface area contributed by atoms with Crippen molar-refractivity contribution < 1.29 is 23.7 Å². The van der Waals surface area contributed by atoms with Crippen molar-refractivity contribution in [2.75, 3.05) is 27.8 Å². The Kier molecular flexibility index (Phi) is 31.1. The molecule has 10 heteroatoms. The molecule has 0 N–H and O–H groups in total. The van der Waals surface area contributed by atoms with Crippen LogP contribution in [0.5, 0.6) is 11.5 Å². The van der Waals surface area contributed by atoms with Crippen molar-refractivity contribution in [2.45, 2.75) is 443 Å². The summed E-state index contributed by atoms with van der Waals surface area (Å²) in [6.07, 6.45) is 7.57. The van der Waals surface area contributed by atoms with Crippen LogP contribution in [-0.4, -0.2) is 84.2 Å². The van der Waals surface area contributed by atoms with Crippen molar-refractivity contribution in [3.05, 3.63) is 322 Å². The number of rotatable bonds is 5. The minimum atomic E-state index is -0.543. The first-order valence-corrected chi connectivity index (χ1v) is 54.2. The highest BCUT2D eigenvalue weighted by Crippen LogP contribution is 2.66. The van der Waals surface area contributed by atoms with Crippen LogP contribution in [0.1, 0.15) is 390 Å². The monoisotopic (exact) mass is 1950 g/mol. The molecule has 0 bridgehead atoms. The van der Waals surface area contributed by atoms with Crippen LogP contribution >= 0.6 is 0 Å². The van der Waals surface area contributed by atoms with E-state index in [0.717, 1.165) is 35.7 Å². The van der Waals surface area contributed by atoms with Crippen LogP contribution in [0.4, 0.5) is 17.1 Å². The summed E-state index contributed by atoms with van der Waals surface area (Å²) in [5.74, 6) is 1.76. The fourth-order valence-corrected chi connectivity index (χ4v) is 25.1. The summed E-state index contributed by atoms with van der Waals surface area (Å²) in [5, 5.41) is 0. The molecule has 7 aromatic rings. The lowest BCUT2D eigenvalue weighted by Crippen LogP contribution is -2.55. The lowest BCUT2D eigenvalue weighted by Gasteiger charge is -2.50. The molecule has 144 heavy (non-hydrogen) atoms. The summed E-state index contributed by atoms with van der Waals surface area (Å²) in [6.45, 7) is 111. The van der Waals surface area contributed by atoms with Gasteiger partial charge in [-0.25, -0.2) is 0 Å². The maximum Gasteiger partial charge on any atom is 0.148 e. The van der Waals surface area contributed by atoms with Gasteiger partial charge in [0, 0.05) is 125 Å². The molecule has 0 amide bonds. The second-order valence-corrected chi connectivity index (χ2v) is 52.4. The van der Waals surface area contributed by atoms with E-state index < -0.39 is 11.2 Å². The summed E-state index contributed by atoms with van der Waals surface area (Å²) in [7, 11) is 0. The van der Waals surface area contributed by atoms with E-state index in [9.17, 15) is 0 Å². The fourth-order valence-electron chi connectivity index (χ4n) is 25.1. The van der Waals surface area contributed by atoms with E-state index in [4.69, 9.17) is 23.7 Å². The van der Waals surface area contributed by atoms with E-state index in [0.29, 0.717) is 10.8 Å². The smallest absolute Gasteiger partial charge is 0.148 e. The molecule has 0 unspecified atom stereocenters. The number of ether oxygens (including phenoxy) is 5. The molecule has 3 saturated carbocycles. The minimum absolute atomic E-state index is 0.000579. The number of hydrogen-bond acceptors (Lipinski definition) is 10. The van der Waals surface area contributed by atoms with Gasteiger partial charge < -0.3 is 48.2 Å². The van der Waals surface area contributed by atoms with Gasteiger partial charge in [0.2, 0.25) is 0 Å². The average molecular weight is 1950 g/mol. The Morgan fingerprint density at radius 2 is 0.569 bits per heavy atom. The summed E-state index contributed by atoms with van der Waals surface area (Å²) in [6, 6.07) is 65.3. The number of benzene rings is 7. The molecule has 13 aliphatic rings. The minimum Gasteiger partial charge on any atom is -0.457 e. The third-order valence-electron chi connectivity index (χ3n) is 38.9. The number of allylic oxidation sites excluding steroid dienone is 5. The third kappa shape index (κ3) is 20.1. The topological polar surface area (TPSA) is 62.4 Å². The highest BCUT2D eigenvalue weighted by molar-refractivity contribution is 5.69. The molecule has 10 heterocycles. The zero-order valence-electron chi connectivity index (χ0n) is 99.3. The zero-order valence-corrected chi connectivity index (χ0v) is 99.3. The molecule has 4 spiro atoms. The first-order valence-electron chi connectivity index (χ1n) is 54.2. The Morgan fingerprint density at radius 3 is 0.854 bits per heavy atom.